The number of fused-ring (bicyclic) bond motifs is 5. The highest BCUT2D eigenvalue weighted by atomic mass is 16.5. The van der Waals surface area contributed by atoms with E-state index in [1.54, 1.807) is 6.26 Å². The number of benzene rings is 1. The first-order chi connectivity index (χ1) is 13.1. The third-order valence-corrected chi connectivity index (χ3v) is 7.14. The van der Waals surface area contributed by atoms with Crippen LogP contribution in [0.2, 0.25) is 0 Å². The Labute approximate surface area is 158 Å². The summed E-state index contributed by atoms with van der Waals surface area (Å²) in [4.78, 5) is 27.9. The molecule has 2 fully saturated rings. The van der Waals surface area contributed by atoms with Crippen molar-refractivity contribution in [2.75, 3.05) is 25.5 Å². The minimum Gasteiger partial charge on any atom is -0.497 e. The van der Waals surface area contributed by atoms with E-state index in [2.05, 4.69) is 23.2 Å². The second-order valence-corrected chi connectivity index (χ2v) is 8.14. The Morgan fingerprint density at radius 2 is 2.19 bits per heavy atom. The summed E-state index contributed by atoms with van der Waals surface area (Å²) in [6.07, 6.45) is 3.20. The summed E-state index contributed by atoms with van der Waals surface area (Å²) in [5.74, 6) is 0.0558. The van der Waals surface area contributed by atoms with Crippen LogP contribution in [0.15, 0.2) is 36.1 Å². The lowest BCUT2D eigenvalue weighted by Crippen LogP contribution is -2.56. The predicted octanol–water partition coefficient (Wildman–Crippen LogP) is 2.06. The van der Waals surface area contributed by atoms with E-state index in [9.17, 15) is 9.59 Å². The molecule has 0 bridgehead atoms. The lowest BCUT2D eigenvalue weighted by Gasteiger charge is -2.48. The van der Waals surface area contributed by atoms with Gasteiger partial charge in [-0.3, -0.25) is 9.69 Å². The zero-order valence-corrected chi connectivity index (χ0v) is 15.6. The van der Waals surface area contributed by atoms with Crippen LogP contribution in [0.25, 0.3) is 0 Å². The van der Waals surface area contributed by atoms with E-state index in [-0.39, 0.29) is 35.9 Å². The summed E-state index contributed by atoms with van der Waals surface area (Å²) < 4.78 is 10.8. The molecule has 142 valence electrons. The van der Waals surface area contributed by atoms with E-state index < -0.39 is 5.41 Å². The zero-order chi connectivity index (χ0) is 18.8. The number of ether oxygens (including phenoxy) is 2. The molecule has 1 amide bonds. The number of anilines is 1. The van der Waals surface area contributed by atoms with Crippen LogP contribution in [0.1, 0.15) is 25.3 Å². The van der Waals surface area contributed by atoms with E-state index in [1.807, 2.05) is 18.2 Å². The quantitative estimate of drug-likeness (QED) is 0.769. The fourth-order valence-electron chi connectivity index (χ4n) is 5.77. The predicted molar refractivity (Wildman–Crippen MR) is 99.0 cm³/mol. The Morgan fingerprint density at radius 1 is 1.37 bits per heavy atom. The van der Waals surface area contributed by atoms with E-state index in [4.69, 9.17) is 9.47 Å². The molecular formula is C21H24N2O4. The molecule has 4 heterocycles. The maximum absolute atomic E-state index is 13.1. The van der Waals surface area contributed by atoms with Gasteiger partial charge in [-0.1, -0.05) is 18.2 Å². The van der Waals surface area contributed by atoms with Crippen LogP contribution < -0.4 is 5.32 Å². The van der Waals surface area contributed by atoms with Crippen molar-refractivity contribution in [3.05, 3.63) is 41.7 Å². The van der Waals surface area contributed by atoms with Crippen LogP contribution in [0.3, 0.4) is 0 Å². The van der Waals surface area contributed by atoms with Crippen molar-refractivity contribution >= 4 is 17.6 Å². The van der Waals surface area contributed by atoms with Gasteiger partial charge in [0.25, 0.3) is 0 Å². The second-order valence-electron chi connectivity index (χ2n) is 8.14. The minimum absolute atomic E-state index is 0.0468. The zero-order valence-electron chi connectivity index (χ0n) is 15.6. The fourth-order valence-corrected chi connectivity index (χ4v) is 5.77. The van der Waals surface area contributed by atoms with Crippen molar-refractivity contribution in [2.24, 2.45) is 11.8 Å². The van der Waals surface area contributed by atoms with Gasteiger partial charge in [-0.25, -0.2) is 4.79 Å². The number of para-hydroxylation sites is 1. The molecule has 1 spiro atoms. The summed E-state index contributed by atoms with van der Waals surface area (Å²) in [5, 5.41) is 3.09. The van der Waals surface area contributed by atoms with E-state index in [0.29, 0.717) is 5.57 Å². The van der Waals surface area contributed by atoms with Gasteiger partial charge in [0.15, 0.2) is 0 Å². The first-order valence-corrected chi connectivity index (χ1v) is 9.65. The van der Waals surface area contributed by atoms with Gasteiger partial charge < -0.3 is 14.8 Å². The smallest absolute Gasteiger partial charge is 0.337 e. The number of hydrogen-bond acceptors (Lipinski definition) is 5. The molecule has 0 radical (unpaired) electrons. The van der Waals surface area contributed by atoms with Crippen molar-refractivity contribution in [2.45, 2.75) is 37.3 Å². The van der Waals surface area contributed by atoms with Crippen molar-refractivity contribution in [1.29, 1.82) is 0 Å². The summed E-state index contributed by atoms with van der Waals surface area (Å²) in [6, 6.07) is 8.10. The van der Waals surface area contributed by atoms with Crippen molar-refractivity contribution < 1.29 is 19.1 Å². The third-order valence-electron chi connectivity index (χ3n) is 7.14. The molecule has 4 aliphatic heterocycles. The van der Waals surface area contributed by atoms with Gasteiger partial charge in [0.05, 0.1) is 30.5 Å². The molecule has 0 saturated carbocycles. The number of rotatable bonds is 1. The molecule has 2 saturated heterocycles. The maximum Gasteiger partial charge on any atom is 0.337 e. The van der Waals surface area contributed by atoms with Gasteiger partial charge in [0.2, 0.25) is 5.91 Å². The number of hydrogen-bond donors (Lipinski definition) is 1. The molecule has 1 aromatic rings. The minimum atomic E-state index is -0.523. The summed E-state index contributed by atoms with van der Waals surface area (Å²) in [6.45, 7) is 3.79. The van der Waals surface area contributed by atoms with Crippen LogP contribution in [-0.4, -0.2) is 49.1 Å². The molecule has 2 unspecified atom stereocenters. The monoisotopic (exact) mass is 368 g/mol. The van der Waals surface area contributed by atoms with Crippen molar-refractivity contribution in [1.82, 2.24) is 4.90 Å². The SMILES string of the molecule is COC(=O)C1=CO[C@@H](C)[C@@H]2CN3CC[C@]4(C(=O)Nc5ccccc54)C3CC12. The number of nitrogens with zero attached hydrogens (tertiary/aromatic N) is 1. The highest BCUT2D eigenvalue weighted by Gasteiger charge is 2.61. The fraction of sp³-hybridized carbons (Fsp3) is 0.524. The number of carbonyl (C=O) groups is 2. The van der Waals surface area contributed by atoms with Crippen LogP contribution in [-0.2, 0) is 24.5 Å². The third kappa shape index (κ3) is 2.16. The lowest BCUT2D eigenvalue weighted by atomic mass is 9.66. The van der Waals surface area contributed by atoms with E-state index in [0.717, 1.165) is 37.2 Å². The molecule has 27 heavy (non-hydrogen) atoms. The standard InChI is InChI=1S/C21H24N2O4/c1-12-14-10-23-8-7-21(16-5-3-4-6-17(16)22-20(21)25)18(23)9-13(14)15(11-27-12)19(24)26-2/h3-6,11-14,18H,7-10H2,1-2H3,(H,22,25)/t12-,13?,14-,18?,21+/m0/s1. The Kier molecular flexibility index (Phi) is 3.63. The highest BCUT2D eigenvalue weighted by molar-refractivity contribution is 6.07. The van der Waals surface area contributed by atoms with Gasteiger partial charge in [-0.05, 0) is 37.9 Å². The maximum atomic E-state index is 13.1. The molecule has 5 atom stereocenters. The van der Waals surface area contributed by atoms with Gasteiger partial charge in [-0.2, -0.15) is 0 Å². The summed E-state index contributed by atoms with van der Waals surface area (Å²) in [5.41, 5.74) is 2.11. The first kappa shape index (κ1) is 16.8. The van der Waals surface area contributed by atoms with Gasteiger partial charge in [0, 0.05) is 30.1 Å². The molecule has 0 aliphatic carbocycles. The van der Waals surface area contributed by atoms with E-state index in [1.165, 1.54) is 7.11 Å². The van der Waals surface area contributed by atoms with Crippen LogP contribution >= 0.6 is 0 Å². The Balaban J connectivity index is 1.55. The highest BCUT2D eigenvalue weighted by Crippen LogP contribution is 2.53. The molecule has 1 N–H and O–H groups in total. The average Bonchev–Trinajstić information content (AvgIpc) is 3.20. The van der Waals surface area contributed by atoms with Gasteiger partial charge in [0.1, 0.15) is 0 Å². The largest absolute Gasteiger partial charge is 0.497 e. The van der Waals surface area contributed by atoms with Gasteiger partial charge in [-0.15, -0.1) is 0 Å². The number of amides is 1. The normalized spacial score (nSPS) is 37.0. The molecule has 4 aliphatic rings. The molecule has 6 heteroatoms. The molecule has 1 aromatic carbocycles. The molecular weight excluding hydrogens is 344 g/mol. The molecule has 6 nitrogen and oxygen atoms in total. The Hall–Kier alpha value is -2.34. The molecule has 5 rings (SSSR count). The molecule has 0 aromatic heterocycles. The van der Waals surface area contributed by atoms with Crippen LogP contribution in [0.4, 0.5) is 5.69 Å². The Bertz CT molecular complexity index is 850. The van der Waals surface area contributed by atoms with Crippen molar-refractivity contribution in [3.8, 4) is 0 Å². The topological polar surface area (TPSA) is 67.9 Å². The Morgan fingerprint density at radius 3 is 3.00 bits per heavy atom. The first-order valence-electron chi connectivity index (χ1n) is 9.65. The summed E-state index contributed by atoms with van der Waals surface area (Å²) >= 11 is 0. The number of nitrogens with one attached hydrogen (secondary N) is 1. The van der Waals surface area contributed by atoms with Crippen molar-refractivity contribution in [3.63, 3.8) is 0 Å². The summed E-state index contributed by atoms with van der Waals surface area (Å²) in [7, 11) is 1.41. The van der Waals surface area contributed by atoms with Crippen LogP contribution in [0.5, 0.6) is 0 Å². The average molecular weight is 368 g/mol. The van der Waals surface area contributed by atoms with Gasteiger partial charge >= 0.3 is 5.97 Å². The van der Waals surface area contributed by atoms with E-state index >= 15 is 0 Å². The lowest BCUT2D eigenvalue weighted by molar-refractivity contribution is -0.139. The number of piperidine rings is 1. The van der Waals surface area contributed by atoms with Crippen LogP contribution in [0, 0.1) is 11.8 Å². The number of methoxy groups -OCH3 is 1. The second kappa shape index (κ2) is 5.83. The number of carbonyl (C=O) groups excluding carboxylic acids is 2. The number of esters is 1.